The Kier molecular flexibility index (Phi) is 4.63. The number of aryl methyl sites for hydroxylation is 1. The molecule has 17 heavy (non-hydrogen) atoms. The van der Waals surface area contributed by atoms with E-state index in [1.165, 1.54) is 0 Å². The zero-order valence-electron chi connectivity index (χ0n) is 10.9. The number of rotatable bonds is 4. The molecule has 4 nitrogen and oxygen atoms in total. The first-order chi connectivity index (χ1) is 7.93. The Labute approximate surface area is 103 Å². The Balaban J connectivity index is 2.95. The zero-order valence-corrected chi connectivity index (χ0v) is 10.9. The van der Waals surface area contributed by atoms with E-state index in [4.69, 9.17) is 5.73 Å². The quantitative estimate of drug-likeness (QED) is 0.832. The highest BCUT2D eigenvalue weighted by molar-refractivity contribution is 5.81. The molecule has 0 radical (unpaired) electrons. The summed E-state index contributed by atoms with van der Waals surface area (Å²) >= 11 is 0. The van der Waals surface area contributed by atoms with Crippen LogP contribution in [0, 0.1) is 12.8 Å². The lowest BCUT2D eigenvalue weighted by Crippen LogP contribution is -2.42. The number of nitrogens with two attached hydrogens (primary N) is 1. The van der Waals surface area contributed by atoms with Crippen LogP contribution in [0.3, 0.4) is 0 Å². The van der Waals surface area contributed by atoms with Gasteiger partial charge in [-0.1, -0.05) is 19.9 Å². The minimum atomic E-state index is -0.500. The molecule has 1 aromatic heterocycles. The SMILES string of the molecule is Cc1cccnc1C(NC(=O)[C@@H](C)N)C(C)C. The van der Waals surface area contributed by atoms with Crippen LogP contribution < -0.4 is 11.1 Å². The first-order valence-corrected chi connectivity index (χ1v) is 5.91. The van der Waals surface area contributed by atoms with Crippen LogP contribution in [0.25, 0.3) is 0 Å². The van der Waals surface area contributed by atoms with Gasteiger partial charge in [-0.2, -0.15) is 0 Å². The number of nitrogens with zero attached hydrogens (tertiary/aromatic N) is 1. The summed E-state index contributed by atoms with van der Waals surface area (Å²) in [7, 11) is 0. The van der Waals surface area contributed by atoms with Crippen LogP contribution in [-0.2, 0) is 4.79 Å². The lowest BCUT2D eigenvalue weighted by Gasteiger charge is -2.24. The number of hydrogen-bond acceptors (Lipinski definition) is 3. The Hall–Kier alpha value is -1.42. The van der Waals surface area contributed by atoms with Gasteiger partial charge in [-0.3, -0.25) is 9.78 Å². The Morgan fingerprint density at radius 3 is 2.53 bits per heavy atom. The Morgan fingerprint density at radius 1 is 1.41 bits per heavy atom. The average Bonchev–Trinajstić information content (AvgIpc) is 2.26. The van der Waals surface area contributed by atoms with Crippen LogP contribution in [0.4, 0.5) is 0 Å². The van der Waals surface area contributed by atoms with Crippen molar-refractivity contribution in [1.82, 2.24) is 10.3 Å². The molecule has 0 saturated heterocycles. The van der Waals surface area contributed by atoms with Crippen molar-refractivity contribution in [2.24, 2.45) is 11.7 Å². The number of carbonyl (C=O) groups is 1. The predicted molar refractivity (Wildman–Crippen MR) is 68.3 cm³/mol. The van der Waals surface area contributed by atoms with E-state index in [-0.39, 0.29) is 17.9 Å². The van der Waals surface area contributed by atoms with Crippen LogP contribution in [0.2, 0.25) is 0 Å². The van der Waals surface area contributed by atoms with Gasteiger partial charge in [0.05, 0.1) is 17.8 Å². The third kappa shape index (κ3) is 3.53. The minimum absolute atomic E-state index is 0.0882. The molecule has 1 unspecified atom stereocenters. The Bertz CT molecular complexity index is 388. The zero-order chi connectivity index (χ0) is 13.0. The van der Waals surface area contributed by atoms with E-state index in [9.17, 15) is 4.79 Å². The van der Waals surface area contributed by atoms with E-state index in [2.05, 4.69) is 24.1 Å². The molecule has 3 N–H and O–H groups in total. The summed E-state index contributed by atoms with van der Waals surface area (Å²) in [6, 6.07) is 3.30. The summed E-state index contributed by atoms with van der Waals surface area (Å²) in [5.74, 6) is 0.125. The van der Waals surface area contributed by atoms with Gasteiger partial charge in [0.25, 0.3) is 0 Å². The molecule has 0 aromatic carbocycles. The van der Waals surface area contributed by atoms with Crippen molar-refractivity contribution in [2.45, 2.75) is 39.8 Å². The average molecular weight is 235 g/mol. The van der Waals surface area contributed by atoms with Crippen molar-refractivity contribution in [3.05, 3.63) is 29.6 Å². The third-order valence-corrected chi connectivity index (χ3v) is 2.72. The summed E-state index contributed by atoms with van der Waals surface area (Å²) in [5, 5.41) is 2.95. The molecule has 2 atom stereocenters. The maximum absolute atomic E-state index is 11.7. The number of aromatic nitrogens is 1. The van der Waals surface area contributed by atoms with Gasteiger partial charge in [0.1, 0.15) is 0 Å². The van der Waals surface area contributed by atoms with Crippen LogP contribution in [0.5, 0.6) is 0 Å². The summed E-state index contributed by atoms with van der Waals surface area (Å²) in [4.78, 5) is 16.0. The van der Waals surface area contributed by atoms with Crippen LogP contribution >= 0.6 is 0 Å². The van der Waals surface area contributed by atoms with Crippen molar-refractivity contribution >= 4 is 5.91 Å². The molecule has 1 heterocycles. The number of nitrogens with one attached hydrogen (secondary N) is 1. The van der Waals surface area contributed by atoms with E-state index >= 15 is 0 Å². The van der Waals surface area contributed by atoms with Crippen LogP contribution in [-0.4, -0.2) is 16.9 Å². The molecule has 0 bridgehead atoms. The van der Waals surface area contributed by atoms with Crippen molar-refractivity contribution in [3.63, 3.8) is 0 Å². The van der Waals surface area contributed by atoms with E-state index in [0.29, 0.717) is 0 Å². The monoisotopic (exact) mass is 235 g/mol. The lowest BCUT2D eigenvalue weighted by atomic mass is 9.97. The van der Waals surface area contributed by atoms with Gasteiger partial charge in [0.2, 0.25) is 5.91 Å². The van der Waals surface area contributed by atoms with Gasteiger partial charge in [-0.15, -0.1) is 0 Å². The van der Waals surface area contributed by atoms with Gasteiger partial charge in [0.15, 0.2) is 0 Å². The maximum Gasteiger partial charge on any atom is 0.237 e. The molecule has 1 aromatic rings. The second kappa shape index (κ2) is 5.77. The molecular formula is C13H21N3O. The van der Waals surface area contributed by atoms with Crippen molar-refractivity contribution in [2.75, 3.05) is 0 Å². The van der Waals surface area contributed by atoms with Crippen LogP contribution in [0.1, 0.15) is 38.1 Å². The number of carbonyl (C=O) groups excluding carboxylic acids is 1. The lowest BCUT2D eigenvalue weighted by molar-refractivity contribution is -0.123. The van der Waals surface area contributed by atoms with Gasteiger partial charge in [-0.05, 0) is 31.4 Å². The molecule has 0 fully saturated rings. The van der Waals surface area contributed by atoms with Crippen molar-refractivity contribution in [1.29, 1.82) is 0 Å². The topological polar surface area (TPSA) is 68.0 Å². The van der Waals surface area contributed by atoms with Crippen molar-refractivity contribution < 1.29 is 4.79 Å². The molecular weight excluding hydrogens is 214 g/mol. The maximum atomic E-state index is 11.7. The summed E-state index contributed by atoms with van der Waals surface area (Å²) in [6.45, 7) is 7.79. The predicted octanol–water partition coefficient (Wildman–Crippen LogP) is 1.55. The number of hydrogen-bond donors (Lipinski definition) is 2. The molecule has 0 aliphatic carbocycles. The summed E-state index contributed by atoms with van der Waals surface area (Å²) < 4.78 is 0. The minimum Gasteiger partial charge on any atom is -0.346 e. The second-order valence-corrected chi connectivity index (χ2v) is 4.72. The fourth-order valence-electron chi connectivity index (χ4n) is 1.66. The molecule has 4 heteroatoms. The Morgan fingerprint density at radius 2 is 2.06 bits per heavy atom. The van der Waals surface area contributed by atoms with Crippen LogP contribution in [0.15, 0.2) is 18.3 Å². The summed E-state index contributed by atoms with van der Waals surface area (Å²) in [5.41, 5.74) is 7.56. The molecule has 94 valence electrons. The third-order valence-electron chi connectivity index (χ3n) is 2.72. The highest BCUT2D eigenvalue weighted by Gasteiger charge is 2.22. The van der Waals surface area contributed by atoms with E-state index in [1.807, 2.05) is 19.1 Å². The van der Waals surface area contributed by atoms with E-state index < -0.39 is 6.04 Å². The number of amides is 1. The van der Waals surface area contributed by atoms with Crippen molar-refractivity contribution in [3.8, 4) is 0 Å². The molecule has 0 aliphatic heterocycles. The van der Waals surface area contributed by atoms with Gasteiger partial charge >= 0.3 is 0 Å². The molecule has 1 amide bonds. The number of pyridine rings is 1. The first kappa shape index (κ1) is 13.6. The molecule has 0 saturated carbocycles. The first-order valence-electron chi connectivity index (χ1n) is 5.91. The standard InChI is InChI=1S/C13H21N3O/c1-8(2)11(16-13(17)10(4)14)12-9(3)6-5-7-15-12/h5-8,10-11H,14H2,1-4H3,(H,16,17)/t10-,11?/m1/s1. The smallest absolute Gasteiger partial charge is 0.237 e. The van der Waals surface area contributed by atoms with E-state index in [1.54, 1.807) is 13.1 Å². The fourth-order valence-corrected chi connectivity index (χ4v) is 1.66. The molecule has 1 rings (SSSR count). The summed E-state index contributed by atoms with van der Waals surface area (Å²) in [6.07, 6.45) is 1.75. The molecule has 0 spiro atoms. The largest absolute Gasteiger partial charge is 0.346 e. The fraction of sp³-hybridized carbons (Fsp3) is 0.538. The molecule has 0 aliphatic rings. The van der Waals surface area contributed by atoms with Gasteiger partial charge in [-0.25, -0.2) is 0 Å². The van der Waals surface area contributed by atoms with Gasteiger partial charge < -0.3 is 11.1 Å². The highest BCUT2D eigenvalue weighted by atomic mass is 16.2. The highest BCUT2D eigenvalue weighted by Crippen LogP contribution is 2.22. The normalized spacial score (nSPS) is 14.5. The second-order valence-electron chi connectivity index (χ2n) is 4.72. The van der Waals surface area contributed by atoms with Gasteiger partial charge in [0, 0.05) is 6.20 Å². The van der Waals surface area contributed by atoms with E-state index in [0.717, 1.165) is 11.3 Å².